The lowest BCUT2D eigenvalue weighted by atomic mass is 9.84. The molecule has 102 valence electrons. The highest BCUT2D eigenvalue weighted by atomic mass is 79.9. The Labute approximate surface area is 139 Å². The Hall–Kier alpha value is -2.06. The zero-order valence-electron chi connectivity index (χ0n) is 11.9. The molecule has 0 spiro atoms. The maximum absolute atomic E-state index is 6.31. The second-order valence-corrected chi connectivity index (χ2v) is 6.32. The van der Waals surface area contributed by atoms with Gasteiger partial charge in [0.25, 0.3) is 0 Å². The summed E-state index contributed by atoms with van der Waals surface area (Å²) in [6.07, 6.45) is 0. The molecule has 0 aliphatic heterocycles. The molecule has 4 aromatic carbocycles. The molecule has 0 fully saturated rings. The Bertz CT molecular complexity index is 922. The van der Waals surface area contributed by atoms with Crippen molar-refractivity contribution in [2.24, 2.45) is 0 Å². The standard InChI is InChI=1S/C20H12BBr/c21-19-11-15-7-3-1-5-13(15)9-17(19)18-10-14-6-2-4-8-16(14)12-20(18)22/h1-12H. The smallest absolute Gasteiger partial charge is 0.0883 e. The fourth-order valence-corrected chi connectivity index (χ4v) is 3.48. The Morgan fingerprint density at radius 3 is 1.64 bits per heavy atom. The topological polar surface area (TPSA) is 0 Å². The number of rotatable bonds is 1. The molecule has 0 nitrogen and oxygen atoms in total. The lowest BCUT2D eigenvalue weighted by Crippen LogP contribution is -2.06. The first-order chi connectivity index (χ1) is 10.7. The van der Waals surface area contributed by atoms with Crippen LogP contribution in [-0.4, -0.2) is 7.85 Å². The van der Waals surface area contributed by atoms with Gasteiger partial charge in [-0.2, -0.15) is 0 Å². The third-order valence-corrected chi connectivity index (χ3v) is 4.70. The number of halogens is 1. The summed E-state index contributed by atoms with van der Waals surface area (Å²) in [7, 11) is 6.31. The molecular formula is C20H12BBr. The van der Waals surface area contributed by atoms with Gasteiger partial charge in [0.15, 0.2) is 0 Å². The number of hydrogen-bond donors (Lipinski definition) is 0. The largest absolute Gasteiger partial charge is 0.114 e. The van der Waals surface area contributed by atoms with Crippen LogP contribution in [0.3, 0.4) is 0 Å². The van der Waals surface area contributed by atoms with E-state index in [9.17, 15) is 0 Å². The molecule has 0 unspecified atom stereocenters. The van der Waals surface area contributed by atoms with Crippen molar-refractivity contribution in [3.63, 3.8) is 0 Å². The van der Waals surface area contributed by atoms with Crippen molar-refractivity contribution in [2.45, 2.75) is 0 Å². The highest BCUT2D eigenvalue weighted by molar-refractivity contribution is 9.10. The van der Waals surface area contributed by atoms with Gasteiger partial charge in [-0.25, -0.2) is 0 Å². The van der Waals surface area contributed by atoms with Crippen LogP contribution < -0.4 is 5.46 Å². The maximum Gasteiger partial charge on any atom is 0.114 e. The maximum atomic E-state index is 6.31. The van der Waals surface area contributed by atoms with Crippen LogP contribution in [0.5, 0.6) is 0 Å². The van der Waals surface area contributed by atoms with Crippen molar-refractivity contribution >= 4 is 50.8 Å². The molecule has 2 heteroatoms. The molecular weight excluding hydrogens is 331 g/mol. The van der Waals surface area contributed by atoms with Crippen LogP contribution in [0, 0.1) is 0 Å². The molecule has 0 saturated carbocycles. The summed E-state index contributed by atoms with van der Waals surface area (Å²) >= 11 is 3.70. The van der Waals surface area contributed by atoms with Crippen LogP contribution in [-0.2, 0) is 0 Å². The molecule has 0 bridgehead atoms. The van der Waals surface area contributed by atoms with Crippen molar-refractivity contribution in [3.05, 3.63) is 77.3 Å². The average molecular weight is 343 g/mol. The van der Waals surface area contributed by atoms with Crippen molar-refractivity contribution in [1.82, 2.24) is 0 Å². The summed E-state index contributed by atoms with van der Waals surface area (Å²) in [5.74, 6) is 0. The molecule has 22 heavy (non-hydrogen) atoms. The Balaban J connectivity index is 2.02. The van der Waals surface area contributed by atoms with Gasteiger partial charge in [-0.1, -0.05) is 76.0 Å². The molecule has 0 atom stereocenters. The van der Waals surface area contributed by atoms with E-state index in [1.54, 1.807) is 0 Å². The SMILES string of the molecule is [B]c1cc2ccccc2cc1-c1cc2ccccc2cc1Br. The third kappa shape index (κ3) is 2.24. The van der Waals surface area contributed by atoms with Gasteiger partial charge < -0.3 is 0 Å². The van der Waals surface area contributed by atoms with E-state index >= 15 is 0 Å². The summed E-state index contributed by atoms with van der Waals surface area (Å²) in [6.45, 7) is 0. The Kier molecular flexibility index (Phi) is 3.27. The predicted molar refractivity (Wildman–Crippen MR) is 100.0 cm³/mol. The summed E-state index contributed by atoms with van der Waals surface area (Å²) in [5.41, 5.74) is 2.99. The highest BCUT2D eigenvalue weighted by Gasteiger charge is 2.09. The molecule has 0 saturated heterocycles. The molecule has 4 aromatic rings. The van der Waals surface area contributed by atoms with Crippen LogP contribution in [0.1, 0.15) is 0 Å². The quantitative estimate of drug-likeness (QED) is 0.416. The van der Waals surface area contributed by atoms with Crippen LogP contribution in [0.2, 0.25) is 0 Å². The van der Waals surface area contributed by atoms with Gasteiger partial charge in [-0.05, 0) is 50.9 Å². The summed E-state index contributed by atoms with van der Waals surface area (Å²) < 4.78 is 1.06. The molecule has 0 aromatic heterocycles. The van der Waals surface area contributed by atoms with E-state index in [1.165, 1.54) is 21.5 Å². The van der Waals surface area contributed by atoms with Gasteiger partial charge in [-0.3, -0.25) is 0 Å². The Morgan fingerprint density at radius 1 is 0.591 bits per heavy atom. The van der Waals surface area contributed by atoms with Crippen LogP contribution in [0.25, 0.3) is 32.7 Å². The van der Waals surface area contributed by atoms with Crippen molar-refractivity contribution < 1.29 is 0 Å². The molecule has 0 heterocycles. The molecule has 4 rings (SSSR count). The summed E-state index contributed by atoms with van der Waals surface area (Å²) in [6, 6.07) is 25.2. The van der Waals surface area contributed by atoms with Gasteiger partial charge in [0.1, 0.15) is 7.85 Å². The Morgan fingerprint density at radius 2 is 1.05 bits per heavy atom. The second kappa shape index (κ2) is 5.29. The first kappa shape index (κ1) is 13.6. The predicted octanol–water partition coefficient (Wildman–Crippen LogP) is 5.22. The minimum absolute atomic E-state index is 0.801. The van der Waals surface area contributed by atoms with Crippen molar-refractivity contribution in [3.8, 4) is 11.1 Å². The van der Waals surface area contributed by atoms with Gasteiger partial charge >= 0.3 is 0 Å². The van der Waals surface area contributed by atoms with Crippen molar-refractivity contribution in [2.75, 3.05) is 0 Å². The zero-order chi connectivity index (χ0) is 15.1. The molecule has 0 amide bonds. The molecule has 0 N–H and O–H groups in total. The van der Waals surface area contributed by atoms with Crippen LogP contribution in [0.4, 0.5) is 0 Å². The lowest BCUT2D eigenvalue weighted by molar-refractivity contribution is 1.66. The van der Waals surface area contributed by atoms with Crippen LogP contribution >= 0.6 is 15.9 Å². The summed E-state index contributed by atoms with van der Waals surface area (Å²) in [5, 5.41) is 4.80. The van der Waals surface area contributed by atoms with Gasteiger partial charge in [0.2, 0.25) is 0 Å². The summed E-state index contributed by atoms with van der Waals surface area (Å²) in [4.78, 5) is 0. The van der Waals surface area contributed by atoms with E-state index in [0.29, 0.717) is 0 Å². The van der Waals surface area contributed by atoms with Gasteiger partial charge in [0, 0.05) is 4.47 Å². The zero-order valence-corrected chi connectivity index (χ0v) is 13.5. The minimum Gasteiger partial charge on any atom is -0.0883 e. The van der Waals surface area contributed by atoms with E-state index in [1.807, 2.05) is 12.1 Å². The van der Waals surface area contributed by atoms with E-state index in [-0.39, 0.29) is 0 Å². The van der Waals surface area contributed by atoms with E-state index in [2.05, 4.69) is 76.6 Å². The van der Waals surface area contributed by atoms with E-state index in [4.69, 9.17) is 7.85 Å². The normalized spacial score (nSPS) is 11.1. The average Bonchev–Trinajstić information content (AvgIpc) is 2.54. The lowest BCUT2D eigenvalue weighted by Gasteiger charge is -2.12. The molecule has 2 radical (unpaired) electrons. The monoisotopic (exact) mass is 342 g/mol. The third-order valence-electron chi connectivity index (χ3n) is 4.04. The highest BCUT2D eigenvalue weighted by Crippen LogP contribution is 2.33. The first-order valence-corrected chi connectivity index (χ1v) is 7.98. The van der Waals surface area contributed by atoms with Gasteiger partial charge in [0.05, 0.1) is 0 Å². The fraction of sp³-hybridized carbons (Fsp3) is 0. The van der Waals surface area contributed by atoms with Gasteiger partial charge in [-0.15, -0.1) is 0 Å². The van der Waals surface area contributed by atoms with E-state index < -0.39 is 0 Å². The number of hydrogen-bond acceptors (Lipinski definition) is 0. The molecule has 0 aliphatic rings. The molecule has 0 aliphatic carbocycles. The fourth-order valence-electron chi connectivity index (χ4n) is 2.91. The second-order valence-electron chi connectivity index (χ2n) is 5.47. The van der Waals surface area contributed by atoms with Crippen LogP contribution in [0.15, 0.2) is 77.3 Å². The first-order valence-electron chi connectivity index (χ1n) is 7.19. The number of benzene rings is 4. The van der Waals surface area contributed by atoms with E-state index in [0.717, 1.165) is 21.1 Å². The minimum atomic E-state index is 0.801. The number of fused-ring (bicyclic) bond motifs is 2. The van der Waals surface area contributed by atoms with Crippen molar-refractivity contribution in [1.29, 1.82) is 0 Å².